The van der Waals surface area contributed by atoms with E-state index in [2.05, 4.69) is 11.4 Å². The number of rotatable bonds is 10. The third-order valence-electron chi connectivity index (χ3n) is 5.32. The van der Waals surface area contributed by atoms with E-state index in [9.17, 15) is 9.59 Å². The van der Waals surface area contributed by atoms with Gasteiger partial charge >= 0.3 is 0 Å². The zero-order valence-corrected chi connectivity index (χ0v) is 19.2. The molecule has 0 radical (unpaired) electrons. The van der Waals surface area contributed by atoms with Gasteiger partial charge in [-0.2, -0.15) is 0 Å². The second-order valence-corrected chi connectivity index (χ2v) is 8.36. The van der Waals surface area contributed by atoms with Crippen LogP contribution in [0.3, 0.4) is 0 Å². The van der Waals surface area contributed by atoms with Crippen molar-refractivity contribution in [2.75, 3.05) is 47.1 Å². The lowest BCUT2D eigenvalue weighted by atomic mass is 10.0. The predicted molar refractivity (Wildman–Crippen MR) is 120 cm³/mol. The summed E-state index contributed by atoms with van der Waals surface area (Å²) in [6, 6.07) is 9.33. The molecule has 1 aromatic heterocycles. The normalized spacial score (nSPS) is 15.3. The number of carbonyl (C=O) groups excluding carboxylic acids is 2. The fraction of sp³-hybridized carbons (Fsp3) is 0.478. The maximum absolute atomic E-state index is 13.3. The van der Waals surface area contributed by atoms with Gasteiger partial charge in [-0.3, -0.25) is 9.59 Å². The molecule has 0 unspecified atom stereocenters. The third kappa shape index (κ3) is 5.57. The van der Waals surface area contributed by atoms with Crippen LogP contribution in [0.2, 0.25) is 0 Å². The van der Waals surface area contributed by atoms with Gasteiger partial charge in [0.1, 0.15) is 13.2 Å². The van der Waals surface area contributed by atoms with Crippen molar-refractivity contribution < 1.29 is 23.8 Å². The Kier molecular flexibility index (Phi) is 8.31. The number of amides is 2. The summed E-state index contributed by atoms with van der Waals surface area (Å²) < 4.78 is 16.5. The second kappa shape index (κ2) is 11.2. The standard InChI is InChI=1S/C23H30N2O5S/c1-4-11-24(23(27)16-28-2)14-22(26)25-12-9-21-17(10-13-31-21)18(25)15-30-20-8-6-5-7-19(20)29-3/h5-8,10,13,18H,4,9,11-12,14-16H2,1-3H3/t18-/m1/s1. The minimum atomic E-state index is -0.214. The van der Waals surface area contributed by atoms with E-state index in [1.54, 1.807) is 23.3 Å². The van der Waals surface area contributed by atoms with Crippen molar-refractivity contribution >= 4 is 23.2 Å². The first kappa shape index (κ1) is 23.1. The minimum absolute atomic E-state index is 0.0255. The molecule has 2 aromatic rings. The van der Waals surface area contributed by atoms with Crippen LogP contribution < -0.4 is 9.47 Å². The van der Waals surface area contributed by atoms with Crippen molar-refractivity contribution in [3.05, 3.63) is 46.2 Å². The van der Waals surface area contributed by atoms with Gasteiger partial charge in [-0.1, -0.05) is 19.1 Å². The highest BCUT2D eigenvalue weighted by atomic mass is 32.1. The van der Waals surface area contributed by atoms with Crippen LogP contribution in [0.1, 0.15) is 29.8 Å². The van der Waals surface area contributed by atoms with Gasteiger partial charge in [0, 0.05) is 25.1 Å². The van der Waals surface area contributed by atoms with Crippen LogP contribution in [0.5, 0.6) is 11.5 Å². The molecule has 2 amide bonds. The summed E-state index contributed by atoms with van der Waals surface area (Å²) in [5.41, 5.74) is 1.12. The maximum Gasteiger partial charge on any atom is 0.249 e. The van der Waals surface area contributed by atoms with Gasteiger partial charge in [0.05, 0.1) is 19.7 Å². The van der Waals surface area contributed by atoms with E-state index in [4.69, 9.17) is 14.2 Å². The Morgan fingerprint density at radius 3 is 2.68 bits per heavy atom. The summed E-state index contributed by atoms with van der Waals surface area (Å²) in [6.07, 6.45) is 1.58. The fourth-order valence-electron chi connectivity index (χ4n) is 3.81. The lowest BCUT2D eigenvalue weighted by Crippen LogP contribution is -2.48. The molecular formula is C23H30N2O5S. The number of hydrogen-bond donors (Lipinski definition) is 0. The highest BCUT2D eigenvalue weighted by molar-refractivity contribution is 7.10. The van der Waals surface area contributed by atoms with Crippen LogP contribution >= 0.6 is 11.3 Å². The van der Waals surface area contributed by atoms with Crippen LogP contribution in [0.15, 0.2) is 35.7 Å². The van der Waals surface area contributed by atoms with Crippen LogP contribution in [-0.4, -0.2) is 68.7 Å². The molecule has 1 aliphatic rings. The van der Waals surface area contributed by atoms with E-state index in [1.807, 2.05) is 36.1 Å². The van der Waals surface area contributed by atoms with Crippen molar-refractivity contribution in [3.63, 3.8) is 0 Å². The third-order valence-corrected chi connectivity index (χ3v) is 6.32. The quantitative estimate of drug-likeness (QED) is 0.561. The van der Waals surface area contributed by atoms with Crippen molar-refractivity contribution in [1.82, 2.24) is 9.80 Å². The lowest BCUT2D eigenvalue weighted by Gasteiger charge is -2.37. The molecule has 0 fully saturated rings. The first-order valence-electron chi connectivity index (χ1n) is 10.5. The summed E-state index contributed by atoms with van der Waals surface area (Å²) in [5.74, 6) is 1.04. The Morgan fingerprint density at radius 2 is 1.97 bits per heavy atom. The number of nitrogens with zero attached hydrogens (tertiary/aromatic N) is 2. The average molecular weight is 447 g/mol. The van der Waals surface area contributed by atoms with Gasteiger partial charge < -0.3 is 24.0 Å². The molecule has 0 bridgehead atoms. The number of para-hydroxylation sites is 2. The molecule has 7 nitrogen and oxygen atoms in total. The molecule has 2 heterocycles. The Labute approximate surface area is 187 Å². The van der Waals surface area contributed by atoms with Crippen LogP contribution in [0.4, 0.5) is 0 Å². The van der Waals surface area contributed by atoms with E-state index in [0.29, 0.717) is 31.2 Å². The molecule has 1 atom stereocenters. The van der Waals surface area contributed by atoms with Gasteiger partial charge in [0.15, 0.2) is 11.5 Å². The van der Waals surface area contributed by atoms with Crippen molar-refractivity contribution in [2.24, 2.45) is 0 Å². The molecule has 0 N–H and O–H groups in total. The molecule has 1 aliphatic heterocycles. The Balaban J connectivity index is 1.77. The molecule has 0 spiro atoms. The van der Waals surface area contributed by atoms with Crippen LogP contribution in [-0.2, 0) is 20.7 Å². The maximum atomic E-state index is 13.3. The van der Waals surface area contributed by atoms with Crippen molar-refractivity contribution in [1.29, 1.82) is 0 Å². The van der Waals surface area contributed by atoms with E-state index >= 15 is 0 Å². The molecule has 168 valence electrons. The second-order valence-electron chi connectivity index (χ2n) is 7.36. The first-order valence-corrected chi connectivity index (χ1v) is 11.3. The van der Waals surface area contributed by atoms with Gasteiger partial charge in [0.25, 0.3) is 0 Å². The van der Waals surface area contributed by atoms with E-state index in [-0.39, 0.29) is 31.0 Å². The van der Waals surface area contributed by atoms with Crippen molar-refractivity contribution in [3.8, 4) is 11.5 Å². The zero-order chi connectivity index (χ0) is 22.2. The number of ether oxygens (including phenoxy) is 3. The molecular weight excluding hydrogens is 416 g/mol. The molecule has 8 heteroatoms. The molecule has 0 aliphatic carbocycles. The molecule has 3 rings (SSSR count). The number of benzene rings is 1. The van der Waals surface area contributed by atoms with Crippen molar-refractivity contribution in [2.45, 2.75) is 25.8 Å². The van der Waals surface area contributed by atoms with Gasteiger partial charge in [-0.25, -0.2) is 0 Å². The smallest absolute Gasteiger partial charge is 0.249 e. The van der Waals surface area contributed by atoms with Crippen LogP contribution in [0, 0.1) is 0 Å². The zero-order valence-electron chi connectivity index (χ0n) is 18.3. The monoisotopic (exact) mass is 446 g/mol. The number of fused-ring (bicyclic) bond motifs is 1. The van der Waals surface area contributed by atoms with E-state index in [1.165, 1.54) is 12.0 Å². The number of carbonyl (C=O) groups is 2. The summed E-state index contributed by atoms with van der Waals surface area (Å²) in [5, 5.41) is 2.06. The minimum Gasteiger partial charge on any atom is -0.493 e. The average Bonchev–Trinajstić information content (AvgIpc) is 3.26. The largest absolute Gasteiger partial charge is 0.493 e. The number of hydrogen-bond acceptors (Lipinski definition) is 6. The predicted octanol–water partition coefficient (Wildman–Crippen LogP) is 3.15. The number of thiophene rings is 1. The summed E-state index contributed by atoms with van der Waals surface area (Å²) in [4.78, 5) is 30.3. The van der Waals surface area contributed by atoms with Crippen LogP contribution in [0.25, 0.3) is 0 Å². The Hall–Kier alpha value is -2.58. The topological polar surface area (TPSA) is 68.3 Å². The summed E-state index contributed by atoms with van der Waals surface area (Å²) in [7, 11) is 3.09. The number of methoxy groups -OCH3 is 2. The SMILES string of the molecule is CCCN(CC(=O)N1CCc2sccc2[C@H]1COc1ccccc1OC)C(=O)COC. The Morgan fingerprint density at radius 1 is 1.19 bits per heavy atom. The highest BCUT2D eigenvalue weighted by Crippen LogP contribution is 2.35. The Bertz CT molecular complexity index is 884. The fourth-order valence-corrected chi connectivity index (χ4v) is 4.74. The highest BCUT2D eigenvalue weighted by Gasteiger charge is 2.33. The van der Waals surface area contributed by atoms with E-state index < -0.39 is 0 Å². The van der Waals surface area contributed by atoms with E-state index in [0.717, 1.165) is 18.4 Å². The lowest BCUT2D eigenvalue weighted by molar-refractivity contribution is -0.144. The van der Waals surface area contributed by atoms with Gasteiger partial charge in [0.2, 0.25) is 11.8 Å². The van der Waals surface area contributed by atoms with Gasteiger partial charge in [-0.15, -0.1) is 11.3 Å². The molecule has 0 saturated heterocycles. The molecule has 31 heavy (non-hydrogen) atoms. The first-order chi connectivity index (χ1) is 15.1. The van der Waals surface area contributed by atoms with Gasteiger partial charge in [-0.05, 0) is 42.0 Å². The molecule has 0 saturated carbocycles. The summed E-state index contributed by atoms with van der Waals surface area (Å²) >= 11 is 1.71. The summed E-state index contributed by atoms with van der Waals surface area (Å²) in [6.45, 7) is 3.44. The molecule has 1 aromatic carbocycles.